The number of piperidine rings is 1. The van der Waals surface area contributed by atoms with Gasteiger partial charge in [-0.25, -0.2) is 4.39 Å². The van der Waals surface area contributed by atoms with Crippen LogP contribution in [0.5, 0.6) is 0 Å². The van der Waals surface area contributed by atoms with E-state index in [9.17, 15) is 4.39 Å². The Morgan fingerprint density at radius 2 is 2.30 bits per heavy atom. The van der Waals surface area contributed by atoms with Gasteiger partial charge in [-0.2, -0.15) is 0 Å². The fourth-order valence-electron chi connectivity index (χ4n) is 2.99. The first-order valence-corrected chi connectivity index (χ1v) is 7.46. The Morgan fingerprint density at radius 1 is 1.50 bits per heavy atom. The lowest BCUT2D eigenvalue weighted by Gasteiger charge is -2.35. The van der Waals surface area contributed by atoms with Crippen molar-refractivity contribution in [2.45, 2.75) is 38.8 Å². The van der Waals surface area contributed by atoms with Crippen LogP contribution in [0.25, 0.3) is 0 Å². The highest BCUT2D eigenvalue weighted by atomic mass is 19.1. The lowest BCUT2D eigenvalue weighted by molar-refractivity contribution is 0.0892. The molecule has 0 spiro atoms. The maximum atomic E-state index is 14.3. The Kier molecular flexibility index (Phi) is 5.38. The Balaban J connectivity index is 2.28. The van der Waals surface area contributed by atoms with Crippen molar-refractivity contribution >= 4 is 5.69 Å². The van der Waals surface area contributed by atoms with Gasteiger partial charge in [-0.05, 0) is 38.4 Å². The third kappa shape index (κ3) is 3.30. The highest BCUT2D eigenvalue weighted by molar-refractivity contribution is 5.56. The van der Waals surface area contributed by atoms with E-state index in [1.807, 2.05) is 19.9 Å². The monoisotopic (exact) mass is 280 g/mol. The van der Waals surface area contributed by atoms with E-state index in [0.717, 1.165) is 43.7 Å². The summed E-state index contributed by atoms with van der Waals surface area (Å²) in [5.41, 5.74) is 1.77. The molecular weight excluding hydrogens is 255 g/mol. The molecule has 0 saturated carbocycles. The molecule has 0 bridgehead atoms. The Bertz CT molecular complexity index is 438. The Hall–Kier alpha value is -1.13. The van der Waals surface area contributed by atoms with Gasteiger partial charge < -0.3 is 15.0 Å². The molecule has 1 aliphatic heterocycles. The average molecular weight is 280 g/mol. The van der Waals surface area contributed by atoms with E-state index >= 15 is 0 Å². The van der Waals surface area contributed by atoms with Crippen molar-refractivity contribution in [3.05, 3.63) is 29.6 Å². The first-order valence-electron chi connectivity index (χ1n) is 7.46. The van der Waals surface area contributed by atoms with E-state index in [0.29, 0.717) is 0 Å². The zero-order chi connectivity index (χ0) is 14.5. The molecule has 2 atom stereocenters. The maximum absolute atomic E-state index is 14.3. The molecule has 0 aromatic heterocycles. The zero-order valence-electron chi connectivity index (χ0n) is 12.7. The quantitative estimate of drug-likeness (QED) is 0.897. The number of halogens is 1. The van der Waals surface area contributed by atoms with Crippen LogP contribution in [-0.2, 0) is 4.74 Å². The van der Waals surface area contributed by atoms with Crippen LogP contribution in [0.4, 0.5) is 10.1 Å². The first-order chi connectivity index (χ1) is 9.67. The predicted molar refractivity (Wildman–Crippen MR) is 80.7 cm³/mol. The summed E-state index contributed by atoms with van der Waals surface area (Å²) in [5, 5.41) is 3.31. The lowest BCUT2D eigenvalue weighted by atomic mass is 10.0. The SMILES string of the molecule is CCNC(C)c1c(F)cccc1N1CCCC(OC)C1. The molecular formula is C16H25FN2O. The van der Waals surface area contributed by atoms with E-state index in [2.05, 4.69) is 10.2 Å². The van der Waals surface area contributed by atoms with Crippen LogP contribution in [0.15, 0.2) is 18.2 Å². The number of hydrogen-bond acceptors (Lipinski definition) is 3. The van der Waals surface area contributed by atoms with Crippen LogP contribution in [0, 0.1) is 5.82 Å². The fraction of sp³-hybridized carbons (Fsp3) is 0.625. The van der Waals surface area contributed by atoms with Gasteiger partial charge in [0.25, 0.3) is 0 Å². The predicted octanol–water partition coefficient (Wildman–Crippen LogP) is 3.11. The van der Waals surface area contributed by atoms with Crippen molar-refractivity contribution in [3.8, 4) is 0 Å². The van der Waals surface area contributed by atoms with E-state index in [-0.39, 0.29) is 18.0 Å². The molecule has 1 fully saturated rings. The molecule has 0 aliphatic carbocycles. The van der Waals surface area contributed by atoms with E-state index in [1.54, 1.807) is 19.2 Å². The molecule has 1 heterocycles. The van der Waals surface area contributed by atoms with Crippen molar-refractivity contribution in [1.82, 2.24) is 5.32 Å². The molecule has 1 aliphatic rings. The van der Waals surface area contributed by atoms with Gasteiger partial charge in [0.1, 0.15) is 5.82 Å². The summed E-state index contributed by atoms with van der Waals surface area (Å²) in [4.78, 5) is 2.25. The van der Waals surface area contributed by atoms with Crippen LogP contribution in [0.1, 0.15) is 38.3 Å². The third-order valence-corrected chi connectivity index (χ3v) is 4.03. The second kappa shape index (κ2) is 7.04. The molecule has 2 unspecified atom stereocenters. The molecule has 112 valence electrons. The zero-order valence-corrected chi connectivity index (χ0v) is 12.7. The van der Waals surface area contributed by atoms with E-state index < -0.39 is 0 Å². The summed E-state index contributed by atoms with van der Waals surface area (Å²) in [5.74, 6) is -0.129. The van der Waals surface area contributed by atoms with Crippen LogP contribution in [0.2, 0.25) is 0 Å². The summed E-state index contributed by atoms with van der Waals surface area (Å²) < 4.78 is 19.7. The van der Waals surface area contributed by atoms with Crippen molar-refractivity contribution in [1.29, 1.82) is 0 Å². The van der Waals surface area contributed by atoms with Crippen LogP contribution >= 0.6 is 0 Å². The molecule has 4 heteroatoms. The van der Waals surface area contributed by atoms with Gasteiger partial charge in [0, 0.05) is 37.5 Å². The van der Waals surface area contributed by atoms with Crippen LogP contribution in [0.3, 0.4) is 0 Å². The summed E-state index contributed by atoms with van der Waals surface area (Å²) in [6, 6.07) is 5.37. The minimum atomic E-state index is -0.129. The van der Waals surface area contributed by atoms with Gasteiger partial charge in [0.05, 0.1) is 6.10 Å². The molecule has 0 radical (unpaired) electrons. The number of nitrogens with one attached hydrogen (secondary N) is 1. The Labute approximate surface area is 121 Å². The van der Waals surface area contributed by atoms with Gasteiger partial charge in [-0.15, -0.1) is 0 Å². The molecule has 1 aromatic carbocycles. The summed E-state index contributed by atoms with van der Waals surface area (Å²) in [6.45, 7) is 6.69. The number of nitrogens with zero attached hydrogens (tertiary/aromatic N) is 1. The number of rotatable bonds is 5. The molecule has 0 amide bonds. The summed E-state index contributed by atoms with van der Waals surface area (Å²) in [7, 11) is 1.75. The van der Waals surface area contributed by atoms with E-state index in [4.69, 9.17) is 4.74 Å². The van der Waals surface area contributed by atoms with Gasteiger partial charge in [0.2, 0.25) is 0 Å². The Morgan fingerprint density at radius 3 is 3.00 bits per heavy atom. The van der Waals surface area contributed by atoms with Crippen LogP contribution in [-0.4, -0.2) is 32.8 Å². The fourth-order valence-corrected chi connectivity index (χ4v) is 2.99. The second-order valence-corrected chi connectivity index (χ2v) is 5.40. The summed E-state index contributed by atoms with van der Waals surface area (Å²) in [6.07, 6.45) is 2.42. The molecule has 1 saturated heterocycles. The molecule has 20 heavy (non-hydrogen) atoms. The van der Waals surface area contributed by atoms with Crippen molar-refractivity contribution in [3.63, 3.8) is 0 Å². The van der Waals surface area contributed by atoms with Gasteiger partial charge in [-0.3, -0.25) is 0 Å². The topological polar surface area (TPSA) is 24.5 Å². The highest BCUT2D eigenvalue weighted by Gasteiger charge is 2.24. The minimum Gasteiger partial charge on any atom is -0.380 e. The normalized spacial score (nSPS) is 21.0. The second-order valence-electron chi connectivity index (χ2n) is 5.40. The maximum Gasteiger partial charge on any atom is 0.130 e. The standard InChI is InChI=1S/C16H25FN2O/c1-4-18-12(2)16-14(17)8-5-9-15(16)19-10-6-7-13(11-19)20-3/h5,8-9,12-13,18H,4,6-7,10-11H2,1-3H3. The number of anilines is 1. The number of ether oxygens (including phenoxy) is 1. The van der Waals surface area contributed by atoms with Crippen LogP contribution < -0.4 is 10.2 Å². The van der Waals surface area contributed by atoms with Crippen molar-refractivity contribution in [2.75, 3.05) is 31.6 Å². The van der Waals surface area contributed by atoms with E-state index in [1.165, 1.54) is 0 Å². The number of hydrogen-bond donors (Lipinski definition) is 1. The van der Waals surface area contributed by atoms with Gasteiger partial charge >= 0.3 is 0 Å². The minimum absolute atomic E-state index is 0.0131. The lowest BCUT2D eigenvalue weighted by Crippen LogP contribution is -2.40. The average Bonchev–Trinajstić information content (AvgIpc) is 2.47. The van der Waals surface area contributed by atoms with Crippen molar-refractivity contribution in [2.24, 2.45) is 0 Å². The number of benzene rings is 1. The molecule has 1 aromatic rings. The largest absolute Gasteiger partial charge is 0.380 e. The summed E-state index contributed by atoms with van der Waals surface area (Å²) >= 11 is 0. The smallest absolute Gasteiger partial charge is 0.130 e. The first kappa shape index (κ1) is 15.3. The molecule has 3 nitrogen and oxygen atoms in total. The van der Waals surface area contributed by atoms with Gasteiger partial charge in [0.15, 0.2) is 0 Å². The third-order valence-electron chi connectivity index (χ3n) is 4.03. The van der Waals surface area contributed by atoms with Gasteiger partial charge in [-0.1, -0.05) is 13.0 Å². The molecule has 2 rings (SSSR count). The highest BCUT2D eigenvalue weighted by Crippen LogP contribution is 2.31. The molecule has 1 N–H and O–H groups in total. The number of methoxy groups -OCH3 is 1. The van der Waals surface area contributed by atoms with Crippen molar-refractivity contribution < 1.29 is 9.13 Å².